The van der Waals surface area contributed by atoms with E-state index < -0.39 is 0 Å². The molecule has 0 radical (unpaired) electrons. The van der Waals surface area contributed by atoms with Gasteiger partial charge in [-0.3, -0.25) is 9.78 Å². The third-order valence-electron chi connectivity index (χ3n) is 6.53. The lowest BCUT2D eigenvalue weighted by Gasteiger charge is -2.34. The van der Waals surface area contributed by atoms with Crippen LogP contribution in [-0.2, 0) is 6.54 Å². The molecule has 0 amide bonds. The number of halogens is 1. The minimum atomic E-state index is -0.189. The number of hydrogen-bond acceptors (Lipinski definition) is 4. The summed E-state index contributed by atoms with van der Waals surface area (Å²) in [6.45, 7) is 4.19. The number of piperidine rings is 1. The average Bonchev–Trinajstić information content (AvgIpc) is 3.18. The van der Waals surface area contributed by atoms with E-state index in [0.717, 1.165) is 61.1 Å². The fourth-order valence-corrected chi connectivity index (χ4v) is 4.96. The van der Waals surface area contributed by atoms with E-state index in [0.29, 0.717) is 12.6 Å². The summed E-state index contributed by atoms with van der Waals surface area (Å²) in [4.78, 5) is 18.9. The van der Waals surface area contributed by atoms with Crippen molar-refractivity contribution in [2.75, 3.05) is 26.2 Å². The fourth-order valence-electron chi connectivity index (χ4n) is 4.96. The Morgan fingerprint density at radius 1 is 1.16 bits per heavy atom. The second kappa shape index (κ2) is 8.73. The number of hydrogen-bond donors (Lipinski definition) is 1. The van der Waals surface area contributed by atoms with Crippen molar-refractivity contribution in [2.24, 2.45) is 0 Å². The van der Waals surface area contributed by atoms with Crippen LogP contribution in [-0.4, -0.2) is 46.7 Å². The number of pyridine rings is 2. The van der Waals surface area contributed by atoms with E-state index in [9.17, 15) is 9.18 Å². The van der Waals surface area contributed by atoms with Gasteiger partial charge in [-0.25, -0.2) is 4.39 Å². The van der Waals surface area contributed by atoms with E-state index in [1.807, 2.05) is 18.3 Å². The molecule has 160 valence electrons. The highest BCUT2D eigenvalue weighted by Gasteiger charge is 2.31. The third kappa shape index (κ3) is 4.18. The van der Waals surface area contributed by atoms with Crippen molar-refractivity contribution in [1.82, 2.24) is 19.8 Å². The predicted molar refractivity (Wildman–Crippen MR) is 122 cm³/mol. The third-order valence-corrected chi connectivity index (χ3v) is 6.53. The summed E-state index contributed by atoms with van der Waals surface area (Å²) in [6, 6.07) is 11.2. The summed E-state index contributed by atoms with van der Waals surface area (Å²) in [5.41, 5.74) is 2.58. The van der Waals surface area contributed by atoms with Gasteiger partial charge in [-0.1, -0.05) is 18.2 Å². The average molecular weight is 419 g/mol. The molecule has 1 atom stereocenters. The van der Waals surface area contributed by atoms with Crippen LogP contribution in [0.25, 0.3) is 17.0 Å². The van der Waals surface area contributed by atoms with Gasteiger partial charge in [-0.05, 0) is 61.1 Å². The maximum atomic E-state index is 14.7. The number of nitrogens with zero attached hydrogens (tertiary/aromatic N) is 3. The first-order valence-corrected chi connectivity index (χ1v) is 11.0. The Morgan fingerprint density at radius 3 is 2.81 bits per heavy atom. The molecule has 2 aromatic heterocycles. The van der Waals surface area contributed by atoms with Crippen molar-refractivity contribution in [3.8, 4) is 0 Å². The molecule has 31 heavy (non-hydrogen) atoms. The topological polar surface area (TPSA) is 50.2 Å². The highest BCUT2D eigenvalue weighted by atomic mass is 19.1. The molecule has 0 unspecified atom stereocenters. The molecule has 1 saturated heterocycles. The van der Waals surface area contributed by atoms with E-state index in [1.165, 1.54) is 0 Å². The van der Waals surface area contributed by atoms with Gasteiger partial charge in [0.2, 0.25) is 0 Å². The van der Waals surface area contributed by atoms with Crippen LogP contribution in [0.1, 0.15) is 29.9 Å². The minimum absolute atomic E-state index is 0.0331. The van der Waals surface area contributed by atoms with E-state index >= 15 is 0 Å². The first-order valence-electron chi connectivity index (χ1n) is 11.0. The summed E-state index contributed by atoms with van der Waals surface area (Å²) in [5, 5.41) is 4.56. The zero-order chi connectivity index (χ0) is 21.2. The van der Waals surface area contributed by atoms with Crippen LogP contribution in [0.2, 0.25) is 0 Å². The molecular formula is C25H27FN4O. The smallest absolute Gasteiger partial charge is 0.251 e. The Kier molecular flexibility index (Phi) is 5.66. The van der Waals surface area contributed by atoms with Gasteiger partial charge >= 0.3 is 0 Å². The molecule has 1 fully saturated rings. The Hall–Kier alpha value is -2.83. The summed E-state index contributed by atoms with van der Waals surface area (Å²) in [5.74, 6) is -0.156. The predicted octanol–water partition coefficient (Wildman–Crippen LogP) is 3.40. The van der Waals surface area contributed by atoms with Crippen LogP contribution in [0.15, 0.2) is 59.7 Å². The zero-order valence-corrected chi connectivity index (χ0v) is 17.5. The zero-order valence-electron chi connectivity index (χ0n) is 17.5. The molecule has 1 aromatic carbocycles. The van der Waals surface area contributed by atoms with Gasteiger partial charge in [-0.2, -0.15) is 0 Å². The summed E-state index contributed by atoms with van der Waals surface area (Å²) < 4.78 is 16.4. The van der Waals surface area contributed by atoms with Crippen molar-refractivity contribution in [1.29, 1.82) is 0 Å². The van der Waals surface area contributed by atoms with Crippen molar-refractivity contribution in [3.63, 3.8) is 0 Å². The summed E-state index contributed by atoms with van der Waals surface area (Å²) in [7, 11) is 0. The molecule has 1 N–H and O–H groups in total. The van der Waals surface area contributed by atoms with Crippen molar-refractivity contribution in [3.05, 3.63) is 82.2 Å². The van der Waals surface area contributed by atoms with E-state index in [2.05, 4.69) is 27.4 Å². The Balaban J connectivity index is 1.16. The Bertz CT molecular complexity index is 1150. The van der Waals surface area contributed by atoms with Crippen molar-refractivity contribution in [2.45, 2.75) is 31.3 Å². The fraction of sp³-hybridized carbons (Fsp3) is 0.360. The standard InChI is InChI=1S/C25H27FN4O/c26-22-7-5-19-6-8-23(31)30-17-20(24(22)25(19)30)16-29-13-9-21(10-14-29)28-12-2-4-18-3-1-11-27-15-18/h1-8,11,15,20-21,28H,9-10,12-14,16-17H2/b4-2+/t20-/m1/s1. The van der Waals surface area contributed by atoms with Gasteiger partial charge in [-0.15, -0.1) is 0 Å². The molecule has 2 aliphatic rings. The SMILES string of the molecule is O=c1ccc2ccc(F)c3c2n1C[C@H]3CN1CCC(NC/C=C/c2cccnc2)CC1. The van der Waals surface area contributed by atoms with Gasteiger partial charge in [0.1, 0.15) is 5.82 Å². The van der Waals surface area contributed by atoms with Gasteiger partial charge in [0.25, 0.3) is 5.56 Å². The largest absolute Gasteiger partial charge is 0.310 e. The van der Waals surface area contributed by atoms with Gasteiger partial charge in [0.05, 0.1) is 5.52 Å². The van der Waals surface area contributed by atoms with Crippen LogP contribution in [0.3, 0.4) is 0 Å². The van der Waals surface area contributed by atoms with Crippen LogP contribution < -0.4 is 10.9 Å². The Labute approximate surface area is 181 Å². The number of nitrogens with one attached hydrogen (secondary N) is 1. The normalized spacial score (nSPS) is 19.6. The number of benzene rings is 1. The first kappa shape index (κ1) is 20.1. The van der Waals surface area contributed by atoms with Gasteiger partial charge < -0.3 is 14.8 Å². The molecule has 4 heterocycles. The highest BCUT2D eigenvalue weighted by molar-refractivity contribution is 5.84. The first-order chi connectivity index (χ1) is 15.2. The lowest BCUT2D eigenvalue weighted by Crippen LogP contribution is -2.44. The lowest BCUT2D eigenvalue weighted by molar-refractivity contribution is 0.186. The van der Waals surface area contributed by atoms with Crippen molar-refractivity contribution < 1.29 is 4.39 Å². The van der Waals surface area contributed by atoms with E-state index in [4.69, 9.17) is 0 Å². The Morgan fingerprint density at radius 2 is 2.00 bits per heavy atom. The van der Waals surface area contributed by atoms with Crippen LogP contribution in [0.5, 0.6) is 0 Å². The second-order valence-electron chi connectivity index (χ2n) is 8.55. The molecular weight excluding hydrogens is 391 g/mol. The van der Waals surface area contributed by atoms with Crippen molar-refractivity contribution >= 4 is 17.0 Å². The van der Waals surface area contributed by atoms with Crippen LogP contribution >= 0.6 is 0 Å². The lowest BCUT2D eigenvalue weighted by atomic mass is 9.97. The summed E-state index contributed by atoms with van der Waals surface area (Å²) >= 11 is 0. The molecule has 0 bridgehead atoms. The second-order valence-corrected chi connectivity index (χ2v) is 8.55. The number of rotatable bonds is 6. The molecule has 5 rings (SSSR count). The molecule has 0 saturated carbocycles. The quantitative estimate of drug-likeness (QED) is 0.667. The minimum Gasteiger partial charge on any atom is -0.310 e. The monoisotopic (exact) mass is 418 g/mol. The number of aromatic nitrogens is 2. The molecule has 6 heteroatoms. The van der Waals surface area contributed by atoms with Gasteiger partial charge in [0.15, 0.2) is 0 Å². The summed E-state index contributed by atoms with van der Waals surface area (Å²) in [6.07, 6.45) is 10.0. The van der Waals surface area contributed by atoms with E-state index in [1.54, 1.807) is 35.0 Å². The highest BCUT2D eigenvalue weighted by Crippen LogP contribution is 2.35. The van der Waals surface area contributed by atoms with E-state index in [-0.39, 0.29) is 17.3 Å². The van der Waals surface area contributed by atoms with Crippen LogP contribution in [0.4, 0.5) is 4.39 Å². The maximum Gasteiger partial charge on any atom is 0.251 e. The maximum absolute atomic E-state index is 14.7. The molecule has 0 spiro atoms. The van der Waals surface area contributed by atoms with Gasteiger partial charge in [0, 0.05) is 55.6 Å². The molecule has 5 nitrogen and oxygen atoms in total. The van der Waals surface area contributed by atoms with Crippen LogP contribution in [0, 0.1) is 5.82 Å². The molecule has 3 aromatic rings. The number of likely N-dealkylation sites (tertiary alicyclic amines) is 1. The molecule has 0 aliphatic carbocycles. The molecule has 2 aliphatic heterocycles.